The van der Waals surface area contributed by atoms with E-state index < -0.39 is 56.8 Å². The first-order valence-corrected chi connectivity index (χ1v) is 22.9. The van der Waals surface area contributed by atoms with Gasteiger partial charge >= 0.3 is 11.9 Å². The third-order valence-electron chi connectivity index (χ3n) is 10.8. The number of anilines is 1. The Morgan fingerprint density at radius 2 is 1.09 bits per heavy atom. The van der Waals surface area contributed by atoms with Crippen LogP contribution in [0.15, 0.2) is 164 Å². The molecule has 1 aliphatic rings. The predicted octanol–water partition coefficient (Wildman–Crippen LogP) is 9.24. The Morgan fingerprint density at radius 3 is 1.60 bits per heavy atom. The molecule has 0 spiro atoms. The molecule has 342 valence electrons. The Kier molecular flexibility index (Phi) is 15.0. The number of hydrogen-bond acceptors (Lipinski definition) is 13. The summed E-state index contributed by atoms with van der Waals surface area (Å²) in [6, 6.07) is 43.3. The lowest BCUT2D eigenvalue weighted by Crippen LogP contribution is -2.41. The van der Waals surface area contributed by atoms with Gasteiger partial charge in [0, 0.05) is 23.2 Å². The van der Waals surface area contributed by atoms with Gasteiger partial charge < -0.3 is 23.3 Å². The van der Waals surface area contributed by atoms with Crippen LogP contribution in [-0.4, -0.2) is 84.9 Å². The van der Waals surface area contributed by atoms with Gasteiger partial charge in [0.15, 0.2) is 35.4 Å². The van der Waals surface area contributed by atoms with Crippen molar-refractivity contribution >= 4 is 49.3 Å². The number of hydrogen-bond donors (Lipinski definition) is 0. The molecule has 0 aliphatic carbocycles. The number of benzene rings is 5. The van der Waals surface area contributed by atoms with Gasteiger partial charge in [0.05, 0.1) is 30.7 Å². The van der Waals surface area contributed by atoms with Gasteiger partial charge in [-0.3, -0.25) is 14.2 Å². The Morgan fingerprint density at radius 1 is 0.612 bits per heavy atom. The number of imide groups is 1. The molecule has 3 heterocycles. The second kappa shape index (κ2) is 21.5. The molecule has 1 saturated heterocycles. The molecular formula is C51H49N6O9P. The third kappa shape index (κ3) is 10.7. The molecule has 0 radical (unpaired) electrons. The van der Waals surface area contributed by atoms with Crippen LogP contribution < -0.4 is 4.90 Å². The van der Waals surface area contributed by atoms with E-state index >= 15 is 0 Å². The third-order valence-corrected chi connectivity index (χ3v) is 12.9. The largest absolute Gasteiger partial charge is 0.452 e. The minimum atomic E-state index is -1.75. The molecule has 15 nitrogen and oxygen atoms in total. The maximum absolute atomic E-state index is 14.3. The van der Waals surface area contributed by atoms with Crippen molar-refractivity contribution in [1.29, 1.82) is 0 Å². The second-order valence-corrected chi connectivity index (χ2v) is 17.6. The monoisotopic (exact) mass is 920 g/mol. The fourth-order valence-electron chi connectivity index (χ4n) is 7.74. The molecule has 0 saturated carbocycles. The van der Waals surface area contributed by atoms with E-state index in [-0.39, 0.29) is 64.5 Å². The number of carbonyl (C=O) groups excluding carboxylic acids is 4. The molecule has 8 rings (SSSR count). The van der Waals surface area contributed by atoms with E-state index in [1.165, 1.54) is 17.2 Å². The highest BCUT2D eigenvalue weighted by atomic mass is 31.2. The van der Waals surface area contributed by atoms with Crippen LogP contribution in [0.3, 0.4) is 0 Å². The Balaban J connectivity index is 1.21. The van der Waals surface area contributed by atoms with Crippen molar-refractivity contribution in [3.63, 3.8) is 0 Å². The van der Waals surface area contributed by atoms with Crippen molar-refractivity contribution in [1.82, 2.24) is 24.2 Å². The molecule has 2 aromatic heterocycles. The lowest BCUT2D eigenvalue weighted by Gasteiger charge is -2.36. The zero-order valence-corrected chi connectivity index (χ0v) is 38.2. The molecule has 67 heavy (non-hydrogen) atoms. The number of amides is 2. The van der Waals surface area contributed by atoms with E-state index in [1.807, 2.05) is 30.3 Å². The number of ether oxygens (including phenoxy) is 3. The average Bonchev–Trinajstić information content (AvgIpc) is 3.94. The summed E-state index contributed by atoms with van der Waals surface area (Å²) in [4.78, 5) is 71.4. The Bertz CT molecular complexity index is 2710. The SMILES string of the molecule is CC(C)N(C(C)C)P(OCc1ccccc1)OC[C@H]1O[C@@H](n2cnc3c(N(C(=O)c4ccccc4)C(=O)c4ccccc4)ncnc32)[C@H](OC(=O)c2ccccc2)[C@@H]1OC(=O)c1ccccc1. The number of aromatic nitrogens is 4. The summed E-state index contributed by atoms with van der Waals surface area (Å²) in [5, 5.41) is 0. The molecule has 0 bridgehead atoms. The first kappa shape index (κ1) is 46.5. The second-order valence-electron chi connectivity index (χ2n) is 16.1. The van der Waals surface area contributed by atoms with Crippen molar-refractivity contribution in [3.8, 4) is 0 Å². The van der Waals surface area contributed by atoms with Crippen LogP contribution in [-0.2, 0) is 29.9 Å². The number of carbonyl (C=O) groups is 4. The molecule has 5 aromatic carbocycles. The highest BCUT2D eigenvalue weighted by molar-refractivity contribution is 7.44. The number of imidazole rings is 1. The van der Waals surface area contributed by atoms with Gasteiger partial charge in [0.1, 0.15) is 12.4 Å². The van der Waals surface area contributed by atoms with Gasteiger partial charge in [-0.1, -0.05) is 103 Å². The van der Waals surface area contributed by atoms with Gasteiger partial charge in [0.2, 0.25) is 0 Å². The predicted molar refractivity (Wildman–Crippen MR) is 251 cm³/mol. The minimum absolute atomic E-state index is 0.0127. The molecule has 5 atom stereocenters. The molecule has 1 unspecified atom stereocenters. The van der Waals surface area contributed by atoms with Gasteiger partial charge in [0.25, 0.3) is 20.3 Å². The number of nitrogens with zero attached hydrogens (tertiary/aromatic N) is 6. The van der Waals surface area contributed by atoms with E-state index in [9.17, 15) is 19.2 Å². The van der Waals surface area contributed by atoms with E-state index in [2.05, 4.69) is 47.3 Å². The quantitative estimate of drug-likeness (QED) is 0.0483. The van der Waals surface area contributed by atoms with Gasteiger partial charge in [-0.05, 0) is 81.8 Å². The van der Waals surface area contributed by atoms with Crippen molar-refractivity contribution < 1.29 is 42.4 Å². The first-order chi connectivity index (χ1) is 32.6. The maximum atomic E-state index is 14.3. The summed E-state index contributed by atoms with van der Waals surface area (Å²) in [7, 11) is -1.75. The highest BCUT2D eigenvalue weighted by Gasteiger charge is 2.52. The van der Waals surface area contributed by atoms with Crippen LogP contribution in [0.25, 0.3) is 11.2 Å². The lowest BCUT2D eigenvalue weighted by molar-refractivity contribution is -0.0552. The van der Waals surface area contributed by atoms with Crippen LogP contribution in [0.4, 0.5) is 5.82 Å². The minimum Gasteiger partial charge on any atom is -0.452 e. The number of rotatable bonds is 17. The van der Waals surface area contributed by atoms with Crippen molar-refractivity contribution in [2.24, 2.45) is 0 Å². The lowest BCUT2D eigenvalue weighted by atomic mass is 10.1. The Hall–Kier alpha value is -7.00. The zero-order valence-electron chi connectivity index (χ0n) is 37.3. The summed E-state index contributed by atoms with van der Waals surface area (Å²) < 4.78 is 36.3. The average molecular weight is 921 g/mol. The van der Waals surface area contributed by atoms with Crippen LogP contribution in [0, 0.1) is 0 Å². The van der Waals surface area contributed by atoms with Crippen LogP contribution in [0.5, 0.6) is 0 Å². The van der Waals surface area contributed by atoms with Gasteiger partial charge in [-0.25, -0.2) is 34.1 Å². The fraction of sp³-hybridized carbons (Fsp3) is 0.235. The molecule has 2 amide bonds. The van der Waals surface area contributed by atoms with Gasteiger partial charge in [-0.15, -0.1) is 0 Å². The summed E-state index contributed by atoms with van der Waals surface area (Å²) in [6.07, 6.45) is -2.32. The molecule has 1 fully saturated rings. The van der Waals surface area contributed by atoms with E-state index in [0.717, 1.165) is 10.5 Å². The molecule has 1 aliphatic heterocycles. The Labute approximate surface area is 389 Å². The standard InChI is InChI=1S/C51H49N6O9P/c1-34(2)57(35(3)4)67(62-30-36-20-10-5-11-21-36)63-31-41-43(65-50(60)39-26-16-8-17-27-39)44(66-51(61)40-28-18-9-19-29-40)49(64-41)55-33-54-42-45(55)52-32-53-46(42)56(47(58)37-22-12-6-13-23-37)48(59)38-24-14-7-15-25-38/h5-29,32-35,41,43-44,49H,30-31H2,1-4H3/t41-,43-,44-,49-,67?/m1/s1. The molecule has 7 aromatic rings. The molecule has 0 N–H and O–H groups in total. The summed E-state index contributed by atoms with van der Waals surface area (Å²) in [6.45, 7) is 8.31. The maximum Gasteiger partial charge on any atom is 0.338 e. The van der Waals surface area contributed by atoms with Gasteiger partial charge in [-0.2, -0.15) is 0 Å². The fourth-order valence-corrected chi connectivity index (χ4v) is 9.37. The van der Waals surface area contributed by atoms with Crippen LogP contribution >= 0.6 is 8.53 Å². The summed E-state index contributed by atoms with van der Waals surface area (Å²) in [5.41, 5.74) is 2.10. The van der Waals surface area contributed by atoms with Crippen molar-refractivity contribution in [2.45, 2.75) is 70.9 Å². The summed E-state index contributed by atoms with van der Waals surface area (Å²) in [5.74, 6) is -2.80. The smallest absolute Gasteiger partial charge is 0.338 e. The summed E-state index contributed by atoms with van der Waals surface area (Å²) >= 11 is 0. The van der Waals surface area contributed by atoms with E-state index in [1.54, 1.807) is 121 Å². The number of esters is 2. The zero-order chi connectivity index (χ0) is 46.9. The van der Waals surface area contributed by atoms with Crippen LogP contribution in [0.1, 0.15) is 80.9 Å². The van der Waals surface area contributed by atoms with Crippen molar-refractivity contribution in [3.05, 3.63) is 192 Å². The van der Waals surface area contributed by atoms with E-state index in [0.29, 0.717) is 0 Å². The number of fused-ring (bicyclic) bond motifs is 1. The highest BCUT2D eigenvalue weighted by Crippen LogP contribution is 2.48. The first-order valence-electron chi connectivity index (χ1n) is 21.8. The van der Waals surface area contributed by atoms with E-state index in [4.69, 9.17) is 23.3 Å². The normalized spacial score (nSPS) is 17.4. The van der Waals surface area contributed by atoms with Crippen LogP contribution in [0.2, 0.25) is 0 Å². The van der Waals surface area contributed by atoms with Crippen molar-refractivity contribution in [2.75, 3.05) is 11.5 Å². The topological polar surface area (TPSA) is 165 Å². The molecule has 16 heteroatoms. The molecular weight excluding hydrogens is 872 g/mol.